The highest BCUT2D eigenvalue weighted by Crippen LogP contribution is 2.51. The molecule has 6 atom stereocenters. The fraction of sp³-hybridized carbons (Fsp3) is 0.704. The van der Waals surface area contributed by atoms with Gasteiger partial charge in [0.15, 0.2) is 0 Å². The Kier molecular flexibility index (Phi) is 7.16. The Bertz CT molecular complexity index is 795. The zero-order valence-corrected chi connectivity index (χ0v) is 20.0. The zero-order chi connectivity index (χ0) is 22.9. The Morgan fingerprint density at radius 2 is 2.09 bits per heavy atom. The summed E-state index contributed by atoms with van der Waals surface area (Å²) in [5, 5.41) is 11.7. The summed E-state index contributed by atoms with van der Waals surface area (Å²) in [5.41, 5.74) is -0.0489. The number of rotatable bonds is 6. The molecule has 1 aromatic heterocycles. The van der Waals surface area contributed by atoms with Crippen LogP contribution in [0.1, 0.15) is 59.1 Å². The standard InChI is InChI=1S/C27H39NO4/c1-18-14-25-24(8-7-20(3)27(25,30)16-26(18)32-21(4)29)19(2)17-28-11-9-22(10-12-28)15-23-6-5-13-31-23/h5-6,13-14,19-20,22,24-26,30H,7-12,15,17H2,1-4H3/t19-,20-,24+,25-,26-,27-/m1/s1. The van der Waals surface area contributed by atoms with Gasteiger partial charge >= 0.3 is 5.97 Å². The van der Waals surface area contributed by atoms with Crippen LogP contribution in [-0.2, 0) is 16.0 Å². The van der Waals surface area contributed by atoms with Gasteiger partial charge in [-0.15, -0.1) is 0 Å². The van der Waals surface area contributed by atoms with Crippen molar-refractivity contribution < 1.29 is 19.1 Å². The number of nitrogens with zero attached hydrogens (tertiary/aromatic N) is 1. The van der Waals surface area contributed by atoms with Gasteiger partial charge < -0.3 is 19.2 Å². The molecule has 0 amide bonds. The van der Waals surface area contributed by atoms with Gasteiger partial charge in [-0.3, -0.25) is 4.79 Å². The molecule has 3 aliphatic rings. The highest BCUT2D eigenvalue weighted by Gasteiger charge is 2.53. The van der Waals surface area contributed by atoms with E-state index in [9.17, 15) is 9.90 Å². The minimum absolute atomic E-state index is 0.0320. The van der Waals surface area contributed by atoms with E-state index in [4.69, 9.17) is 9.15 Å². The fourth-order valence-electron chi connectivity index (χ4n) is 6.24. The highest BCUT2D eigenvalue weighted by atomic mass is 16.5. The van der Waals surface area contributed by atoms with Gasteiger partial charge in [0.1, 0.15) is 11.9 Å². The second kappa shape index (κ2) is 9.72. The molecule has 5 heteroatoms. The number of ether oxygens (including phenoxy) is 1. The smallest absolute Gasteiger partial charge is 0.303 e. The number of carbonyl (C=O) groups excluding carboxylic acids is 1. The van der Waals surface area contributed by atoms with Crippen LogP contribution in [0.3, 0.4) is 0 Å². The Labute approximate surface area is 193 Å². The van der Waals surface area contributed by atoms with Crippen LogP contribution in [0.15, 0.2) is 34.5 Å². The van der Waals surface area contributed by atoms with E-state index in [-0.39, 0.29) is 17.8 Å². The summed E-state index contributed by atoms with van der Waals surface area (Å²) in [6, 6.07) is 4.06. The topological polar surface area (TPSA) is 62.9 Å². The summed E-state index contributed by atoms with van der Waals surface area (Å²) in [7, 11) is 0. The number of esters is 1. The van der Waals surface area contributed by atoms with Crippen molar-refractivity contribution in [3.05, 3.63) is 42.2 Å². The normalized spacial score (nSPS) is 35.1. The Balaban J connectivity index is 1.37. The van der Waals surface area contributed by atoms with E-state index >= 15 is 0 Å². The third kappa shape index (κ3) is 4.99. The first kappa shape index (κ1) is 23.6. The van der Waals surface area contributed by atoms with E-state index in [2.05, 4.69) is 37.3 Å². The predicted octanol–water partition coefficient (Wildman–Crippen LogP) is 4.54. The summed E-state index contributed by atoms with van der Waals surface area (Å²) in [6.07, 6.45) is 12.3. The average Bonchev–Trinajstić information content (AvgIpc) is 3.24. The molecule has 32 heavy (non-hydrogen) atoms. The van der Waals surface area contributed by atoms with Crippen molar-refractivity contribution in [2.45, 2.75) is 71.5 Å². The van der Waals surface area contributed by atoms with Crippen LogP contribution in [0.25, 0.3) is 0 Å². The molecule has 5 nitrogen and oxygen atoms in total. The molecule has 1 aliphatic heterocycles. The summed E-state index contributed by atoms with van der Waals surface area (Å²) in [4.78, 5) is 14.1. The third-order valence-corrected chi connectivity index (χ3v) is 8.21. The van der Waals surface area contributed by atoms with Crippen molar-refractivity contribution in [1.29, 1.82) is 0 Å². The molecule has 2 radical (unpaired) electrons. The molecule has 0 bridgehead atoms. The maximum atomic E-state index is 11.7. The van der Waals surface area contributed by atoms with Gasteiger partial charge in [-0.25, -0.2) is 0 Å². The van der Waals surface area contributed by atoms with Gasteiger partial charge in [-0.2, -0.15) is 0 Å². The monoisotopic (exact) mass is 441 g/mol. The summed E-state index contributed by atoms with van der Waals surface area (Å²) >= 11 is 0. The van der Waals surface area contributed by atoms with Crippen LogP contribution < -0.4 is 0 Å². The van der Waals surface area contributed by atoms with Crippen molar-refractivity contribution >= 4 is 5.97 Å². The molecular weight excluding hydrogens is 402 g/mol. The minimum atomic E-state index is -1.03. The van der Waals surface area contributed by atoms with Gasteiger partial charge in [0.2, 0.25) is 0 Å². The van der Waals surface area contributed by atoms with Crippen molar-refractivity contribution in [2.75, 3.05) is 19.6 Å². The molecule has 1 aromatic rings. The maximum absolute atomic E-state index is 11.7. The Morgan fingerprint density at radius 1 is 1.34 bits per heavy atom. The van der Waals surface area contributed by atoms with Crippen molar-refractivity contribution in [2.24, 2.45) is 29.6 Å². The molecule has 2 fully saturated rings. The third-order valence-electron chi connectivity index (χ3n) is 8.21. The zero-order valence-electron chi connectivity index (χ0n) is 20.0. The molecule has 2 heterocycles. The van der Waals surface area contributed by atoms with Crippen molar-refractivity contribution in [3.8, 4) is 0 Å². The first-order chi connectivity index (χ1) is 15.3. The number of furan rings is 1. The van der Waals surface area contributed by atoms with Gasteiger partial charge in [0.05, 0.1) is 18.3 Å². The Hall–Kier alpha value is -1.59. The number of carbonyl (C=O) groups is 1. The Morgan fingerprint density at radius 3 is 2.75 bits per heavy atom. The number of aliphatic hydroxyl groups is 1. The number of fused-ring (bicyclic) bond motifs is 1. The SMILES string of the molecule is CC(=O)O[C@@H]1[C][C@@]2(O)[C@H](C)CC[C@@H]([C@H](C)CN3CCC(Cc4ccco4)CC3)[C@H]2C=C1C. The summed E-state index contributed by atoms with van der Waals surface area (Å²) in [6.45, 7) is 11.2. The lowest BCUT2D eigenvalue weighted by molar-refractivity contribution is -0.148. The predicted molar refractivity (Wildman–Crippen MR) is 124 cm³/mol. The summed E-state index contributed by atoms with van der Waals surface area (Å²) < 4.78 is 11.0. The van der Waals surface area contributed by atoms with Gasteiger partial charge in [-0.1, -0.05) is 19.9 Å². The van der Waals surface area contributed by atoms with Crippen LogP contribution in [-0.4, -0.2) is 47.3 Å². The van der Waals surface area contributed by atoms with Gasteiger partial charge in [0, 0.05) is 25.8 Å². The highest BCUT2D eigenvalue weighted by molar-refractivity contribution is 5.66. The molecular formula is C27H39NO4. The van der Waals surface area contributed by atoms with Crippen molar-refractivity contribution in [1.82, 2.24) is 4.90 Å². The lowest BCUT2D eigenvalue weighted by Crippen LogP contribution is -2.56. The van der Waals surface area contributed by atoms with E-state index in [0.29, 0.717) is 17.8 Å². The second-order valence-corrected chi connectivity index (χ2v) is 10.5. The minimum Gasteiger partial charge on any atom is -0.469 e. The van der Waals surface area contributed by atoms with E-state index in [0.717, 1.165) is 50.2 Å². The first-order valence-electron chi connectivity index (χ1n) is 12.4. The number of hydrogen-bond acceptors (Lipinski definition) is 5. The number of hydrogen-bond donors (Lipinski definition) is 1. The molecule has 1 saturated heterocycles. The fourth-order valence-corrected chi connectivity index (χ4v) is 6.24. The van der Waals surface area contributed by atoms with Crippen LogP contribution >= 0.6 is 0 Å². The maximum Gasteiger partial charge on any atom is 0.303 e. The quantitative estimate of drug-likeness (QED) is 0.519. The van der Waals surface area contributed by atoms with Gasteiger partial charge in [0.25, 0.3) is 0 Å². The van der Waals surface area contributed by atoms with E-state index in [1.165, 1.54) is 19.8 Å². The average molecular weight is 442 g/mol. The van der Waals surface area contributed by atoms with E-state index in [1.54, 1.807) is 6.26 Å². The summed E-state index contributed by atoms with van der Waals surface area (Å²) in [5.74, 6) is 2.50. The van der Waals surface area contributed by atoms with Crippen LogP contribution in [0.2, 0.25) is 0 Å². The molecule has 1 N–H and O–H groups in total. The molecule has 2 aliphatic carbocycles. The van der Waals surface area contributed by atoms with Crippen LogP contribution in [0.4, 0.5) is 0 Å². The lowest BCUT2D eigenvalue weighted by Gasteiger charge is -2.52. The molecule has 176 valence electrons. The number of piperidine rings is 1. The van der Waals surface area contributed by atoms with E-state index in [1.807, 2.05) is 13.0 Å². The van der Waals surface area contributed by atoms with Crippen LogP contribution in [0.5, 0.6) is 0 Å². The van der Waals surface area contributed by atoms with Gasteiger partial charge in [-0.05, 0) is 87.1 Å². The molecule has 0 spiro atoms. The molecule has 0 aromatic carbocycles. The van der Waals surface area contributed by atoms with Crippen molar-refractivity contribution in [3.63, 3.8) is 0 Å². The molecule has 0 unspecified atom stereocenters. The second-order valence-electron chi connectivity index (χ2n) is 10.5. The largest absolute Gasteiger partial charge is 0.469 e. The number of likely N-dealkylation sites (tertiary alicyclic amines) is 1. The molecule has 1 saturated carbocycles. The van der Waals surface area contributed by atoms with Crippen LogP contribution in [0, 0.1) is 36.0 Å². The molecule has 4 rings (SSSR count). The first-order valence-corrected chi connectivity index (χ1v) is 12.4. The van der Waals surface area contributed by atoms with E-state index < -0.39 is 11.7 Å². The lowest BCUT2D eigenvalue weighted by atomic mass is 9.57.